The minimum absolute atomic E-state index is 0.0895. The first kappa shape index (κ1) is 55.1. The number of hydrogen-bond acceptors (Lipinski definition) is 6. The zero-order chi connectivity index (χ0) is 42.3. The third-order valence-electron chi connectivity index (χ3n) is 10.2. The molecule has 6 nitrogen and oxygen atoms in total. The molecule has 0 amide bonds. The number of carbonyl (C=O) groups is 3. The van der Waals surface area contributed by atoms with Crippen LogP contribution in [0.1, 0.15) is 233 Å². The zero-order valence-electron chi connectivity index (χ0n) is 38.0. The zero-order valence-corrected chi connectivity index (χ0v) is 38.0. The van der Waals surface area contributed by atoms with Crippen molar-refractivity contribution < 1.29 is 28.6 Å². The van der Waals surface area contributed by atoms with E-state index in [2.05, 4.69) is 81.5 Å². The topological polar surface area (TPSA) is 78.9 Å². The van der Waals surface area contributed by atoms with E-state index in [9.17, 15) is 14.4 Å². The first-order chi connectivity index (χ1) is 28.5. The molecule has 0 heterocycles. The Bertz CT molecular complexity index is 1070. The van der Waals surface area contributed by atoms with Crippen LogP contribution in [0.3, 0.4) is 0 Å². The number of rotatable bonds is 43. The van der Waals surface area contributed by atoms with Crippen molar-refractivity contribution in [3.8, 4) is 0 Å². The van der Waals surface area contributed by atoms with Crippen LogP contribution < -0.4 is 0 Å². The highest BCUT2D eigenvalue weighted by Gasteiger charge is 2.19. The molecule has 0 radical (unpaired) electrons. The molecule has 0 aliphatic heterocycles. The molecule has 1 unspecified atom stereocenters. The summed E-state index contributed by atoms with van der Waals surface area (Å²) < 4.78 is 16.7. The molecule has 0 spiro atoms. The number of ether oxygens (including phenoxy) is 3. The van der Waals surface area contributed by atoms with Gasteiger partial charge in [0.1, 0.15) is 13.2 Å². The predicted octanol–water partition coefficient (Wildman–Crippen LogP) is 15.7. The normalized spacial score (nSPS) is 12.5. The van der Waals surface area contributed by atoms with Crippen LogP contribution >= 0.6 is 0 Å². The van der Waals surface area contributed by atoms with E-state index in [0.717, 1.165) is 116 Å². The number of esters is 3. The molecule has 6 heteroatoms. The average molecular weight is 811 g/mol. The van der Waals surface area contributed by atoms with Gasteiger partial charge in [-0.05, 0) is 103 Å². The molecule has 0 fully saturated rings. The Morgan fingerprint density at radius 3 is 1.03 bits per heavy atom. The molecule has 0 rings (SSSR count). The lowest BCUT2D eigenvalue weighted by Crippen LogP contribution is -2.30. The maximum atomic E-state index is 12.7. The highest BCUT2D eigenvalue weighted by Crippen LogP contribution is 2.13. The van der Waals surface area contributed by atoms with Crippen molar-refractivity contribution in [2.75, 3.05) is 13.2 Å². The van der Waals surface area contributed by atoms with Crippen molar-refractivity contribution in [2.45, 2.75) is 239 Å². The SMILES string of the molecule is CCC/C=C\CCCCCCCC(=O)OCC(COC(=O)CCCCCCC/C=C\C/C=C\CCCCC)OC(=O)CCCCCCC/C=C\C/C=C\CCCCC. The molecule has 58 heavy (non-hydrogen) atoms. The van der Waals surface area contributed by atoms with Gasteiger partial charge >= 0.3 is 17.9 Å². The summed E-state index contributed by atoms with van der Waals surface area (Å²) in [6.45, 7) is 6.48. The van der Waals surface area contributed by atoms with Gasteiger partial charge < -0.3 is 14.2 Å². The summed E-state index contributed by atoms with van der Waals surface area (Å²) in [6, 6.07) is 0. The lowest BCUT2D eigenvalue weighted by molar-refractivity contribution is -0.167. The fourth-order valence-electron chi connectivity index (χ4n) is 6.50. The van der Waals surface area contributed by atoms with Gasteiger partial charge in [-0.25, -0.2) is 0 Å². The second-order valence-corrected chi connectivity index (χ2v) is 16.0. The fraction of sp³-hybridized carbons (Fsp3) is 0.750. The summed E-state index contributed by atoms with van der Waals surface area (Å²) in [4.78, 5) is 37.8. The summed E-state index contributed by atoms with van der Waals surface area (Å²) in [5.41, 5.74) is 0. The van der Waals surface area contributed by atoms with Crippen LogP contribution in [0.2, 0.25) is 0 Å². The van der Waals surface area contributed by atoms with Gasteiger partial charge in [-0.3, -0.25) is 14.4 Å². The Hall–Kier alpha value is -2.89. The third kappa shape index (κ3) is 44.2. The van der Waals surface area contributed by atoms with Gasteiger partial charge in [0.25, 0.3) is 0 Å². The summed E-state index contributed by atoms with van der Waals surface area (Å²) >= 11 is 0. The van der Waals surface area contributed by atoms with Gasteiger partial charge in [0, 0.05) is 19.3 Å². The van der Waals surface area contributed by atoms with Crippen LogP contribution in [0.4, 0.5) is 0 Å². The van der Waals surface area contributed by atoms with E-state index in [1.54, 1.807) is 0 Å². The quantitative estimate of drug-likeness (QED) is 0.0264. The van der Waals surface area contributed by atoms with E-state index in [-0.39, 0.29) is 31.1 Å². The molecule has 0 saturated heterocycles. The van der Waals surface area contributed by atoms with Crippen molar-refractivity contribution in [1.29, 1.82) is 0 Å². The average Bonchev–Trinajstić information content (AvgIpc) is 3.22. The second-order valence-electron chi connectivity index (χ2n) is 16.0. The molecule has 0 aromatic heterocycles. The van der Waals surface area contributed by atoms with Crippen LogP contribution in [-0.2, 0) is 28.6 Å². The number of allylic oxidation sites excluding steroid dienone is 10. The molecule has 0 aliphatic rings. The van der Waals surface area contributed by atoms with Gasteiger partial charge in [-0.2, -0.15) is 0 Å². The van der Waals surface area contributed by atoms with Gasteiger partial charge in [0.05, 0.1) is 0 Å². The van der Waals surface area contributed by atoms with Gasteiger partial charge in [0.15, 0.2) is 6.10 Å². The Labute approximate surface area is 358 Å². The number of hydrogen-bond donors (Lipinski definition) is 0. The first-order valence-corrected chi connectivity index (χ1v) is 24.3. The third-order valence-corrected chi connectivity index (χ3v) is 10.2. The maximum absolute atomic E-state index is 12.7. The molecule has 0 saturated carbocycles. The van der Waals surface area contributed by atoms with Crippen molar-refractivity contribution >= 4 is 17.9 Å². The molecular weight excluding hydrogens is 721 g/mol. The van der Waals surface area contributed by atoms with E-state index in [1.165, 1.54) is 77.0 Å². The molecule has 1 atom stereocenters. The lowest BCUT2D eigenvalue weighted by Gasteiger charge is -2.18. The van der Waals surface area contributed by atoms with Crippen LogP contribution in [0, 0.1) is 0 Å². The Kier molecular flexibility index (Phi) is 44.5. The summed E-state index contributed by atoms with van der Waals surface area (Å²) in [6.07, 6.45) is 56.3. The first-order valence-electron chi connectivity index (χ1n) is 24.3. The minimum Gasteiger partial charge on any atom is -0.462 e. The van der Waals surface area contributed by atoms with Crippen LogP contribution in [-0.4, -0.2) is 37.2 Å². The van der Waals surface area contributed by atoms with E-state index < -0.39 is 6.10 Å². The van der Waals surface area contributed by atoms with Crippen molar-refractivity contribution in [1.82, 2.24) is 0 Å². The molecule has 334 valence electrons. The Morgan fingerprint density at radius 2 is 0.655 bits per heavy atom. The molecule has 0 N–H and O–H groups in total. The Balaban J connectivity index is 4.42. The standard InChI is InChI=1S/C52H90O6/c1-4-7-10-13-16-19-22-24-26-28-30-33-36-39-42-45-51(54)57-48-49(47-56-50(53)44-41-38-35-32-21-18-15-12-9-6-3)58-52(55)46-43-40-37-34-31-29-27-25-23-20-17-14-11-8-5-2/h12,15-17,19-20,24-27,49H,4-11,13-14,18,21-23,28-48H2,1-3H3/b15-12-,19-16-,20-17-,26-24-,27-25-. The van der Waals surface area contributed by atoms with Crippen molar-refractivity contribution in [3.05, 3.63) is 60.8 Å². The predicted molar refractivity (Wildman–Crippen MR) is 247 cm³/mol. The summed E-state index contributed by atoms with van der Waals surface area (Å²) in [7, 11) is 0. The fourth-order valence-corrected chi connectivity index (χ4v) is 6.50. The smallest absolute Gasteiger partial charge is 0.306 e. The van der Waals surface area contributed by atoms with E-state index in [4.69, 9.17) is 14.2 Å². The summed E-state index contributed by atoms with van der Waals surface area (Å²) in [5.74, 6) is -0.928. The van der Waals surface area contributed by atoms with Gasteiger partial charge in [-0.1, -0.05) is 171 Å². The van der Waals surface area contributed by atoms with E-state index >= 15 is 0 Å². The molecule has 0 bridgehead atoms. The maximum Gasteiger partial charge on any atom is 0.306 e. The molecule has 0 aliphatic carbocycles. The highest BCUT2D eigenvalue weighted by atomic mass is 16.6. The van der Waals surface area contributed by atoms with Crippen LogP contribution in [0.15, 0.2) is 60.8 Å². The lowest BCUT2D eigenvalue weighted by atomic mass is 10.1. The highest BCUT2D eigenvalue weighted by molar-refractivity contribution is 5.71. The second kappa shape index (κ2) is 46.8. The van der Waals surface area contributed by atoms with Gasteiger partial charge in [-0.15, -0.1) is 0 Å². The van der Waals surface area contributed by atoms with E-state index in [0.29, 0.717) is 19.3 Å². The number of carbonyl (C=O) groups excluding carboxylic acids is 3. The van der Waals surface area contributed by atoms with Crippen LogP contribution in [0.25, 0.3) is 0 Å². The van der Waals surface area contributed by atoms with Crippen LogP contribution in [0.5, 0.6) is 0 Å². The van der Waals surface area contributed by atoms with Crippen molar-refractivity contribution in [2.24, 2.45) is 0 Å². The number of unbranched alkanes of at least 4 members (excludes halogenated alkanes) is 22. The Morgan fingerprint density at radius 1 is 0.345 bits per heavy atom. The van der Waals surface area contributed by atoms with E-state index in [1.807, 2.05) is 0 Å². The molecule has 0 aromatic carbocycles. The molecular formula is C52H90O6. The monoisotopic (exact) mass is 811 g/mol. The summed E-state index contributed by atoms with van der Waals surface area (Å²) in [5, 5.41) is 0. The largest absolute Gasteiger partial charge is 0.462 e. The minimum atomic E-state index is -0.788. The molecule has 0 aromatic rings. The van der Waals surface area contributed by atoms with Gasteiger partial charge in [0.2, 0.25) is 0 Å². The van der Waals surface area contributed by atoms with Crippen molar-refractivity contribution in [3.63, 3.8) is 0 Å².